The molecule has 32 heavy (non-hydrogen) atoms. The Morgan fingerprint density at radius 2 is 1.72 bits per heavy atom. The SMILES string of the molecule is FC(F)Cn1ncc2ncc(N3CC[C@H]4CN(c5ccc(C(F)(F)F)cn5)C[C@H]4C3)nc21. The Labute approximate surface area is 179 Å². The lowest BCUT2D eigenvalue weighted by molar-refractivity contribution is -0.137. The highest BCUT2D eigenvalue weighted by atomic mass is 19.4. The first-order valence-electron chi connectivity index (χ1n) is 10.3. The zero-order valence-corrected chi connectivity index (χ0v) is 16.9. The second kappa shape index (κ2) is 7.82. The number of nitrogens with zero attached hydrogens (tertiary/aromatic N) is 7. The number of piperidine rings is 1. The highest BCUT2D eigenvalue weighted by Crippen LogP contribution is 2.36. The van der Waals surface area contributed by atoms with E-state index in [4.69, 9.17) is 0 Å². The smallest absolute Gasteiger partial charge is 0.356 e. The average molecular weight is 453 g/mol. The van der Waals surface area contributed by atoms with Crippen LogP contribution in [0.5, 0.6) is 0 Å². The molecule has 7 nitrogen and oxygen atoms in total. The first-order valence-corrected chi connectivity index (χ1v) is 10.3. The molecular weight excluding hydrogens is 433 g/mol. The van der Waals surface area contributed by atoms with E-state index in [1.165, 1.54) is 12.3 Å². The quantitative estimate of drug-likeness (QED) is 0.564. The summed E-state index contributed by atoms with van der Waals surface area (Å²) in [4.78, 5) is 17.0. The highest BCUT2D eigenvalue weighted by molar-refractivity contribution is 5.71. The maximum absolute atomic E-state index is 12.8. The Morgan fingerprint density at radius 3 is 2.44 bits per heavy atom. The summed E-state index contributed by atoms with van der Waals surface area (Å²) in [5.41, 5.74) is 0.0284. The van der Waals surface area contributed by atoms with E-state index < -0.39 is 24.7 Å². The Kier molecular flexibility index (Phi) is 5.09. The van der Waals surface area contributed by atoms with Crippen LogP contribution in [0.3, 0.4) is 0 Å². The van der Waals surface area contributed by atoms with Gasteiger partial charge in [-0.15, -0.1) is 0 Å². The van der Waals surface area contributed by atoms with Crippen molar-refractivity contribution in [2.45, 2.75) is 25.6 Å². The first-order chi connectivity index (χ1) is 15.3. The zero-order valence-electron chi connectivity index (χ0n) is 16.9. The second-order valence-electron chi connectivity index (χ2n) is 8.22. The number of pyridine rings is 1. The lowest BCUT2D eigenvalue weighted by Crippen LogP contribution is -2.40. The van der Waals surface area contributed by atoms with Crippen LogP contribution in [-0.4, -0.2) is 57.3 Å². The van der Waals surface area contributed by atoms with Gasteiger partial charge in [0.25, 0.3) is 6.43 Å². The van der Waals surface area contributed by atoms with Crippen LogP contribution < -0.4 is 9.80 Å². The van der Waals surface area contributed by atoms with Gasteiger partial charge in [0.1, 0.15) is 23.7 Å². The summed E-state index contributed by atoms with van der Waals surface area (Å²) in [5.74, 6) is 1.84. The molecule has 2 fully saturated rings. The predicted octanol–water partition coefficient (Wildman–Crippen LogP) is 3.47. The van der Waals surface area contributed by atoms with Crippen LogP contribution in [0.1, 0.15) is 12.0 Å². The first kappa shape index (κ1) is 20.8. The maximum atomic E-state index is 12.8. The molecule has 0 aliphatic carbocycles. The predicted molar refractivity (Wildman–Crippen MR) is 107 cm³/mol. The zero-order chi connectivity index (χ0) is 22.5. The largest absolute Gasteiger partial charge is 0.417 e. The van der Waals surface area contributed by atoms with Crippen molar-refractivity contribution in [3.05, 3.63) is 36.3 Å². The van der Waals surface area contributed by atoms with E-state index in [1.54, 1.807) is 6.20 Å². The summed E-state index contributed by atoms with van der Waals surface area (Å²) < 4.78 is 65.1. The summed E-state index contributed by atoms with van der Waals surface area (Å²) in [5, 5.41) is 3.95. The van der Waals surface area contributed by atoms with Crippen LogP contribution in [0.25, 0.3) is 11.2 Å². The lowest BCUT2D eigenvalue weighted by Gasteiger charge is -2.34. The molecule has 12 heteroatoms. The molecule has 2 saturated heterocycles. The Hall–Kier alpha value is -3.05. The normalized spacial score (nSPS) is 21.6. The molecule has 0 bridgehead atoms. The number of aromatic nitrogens is 5. The van der Waals surface area contributed by atoms with E-state index in [9.17, 15) is 22.0 Å². The van der Waals surface area contributed by atoms with Crippen molar-refractivity contribution in [1.29, 1.82) is 0 Å². The van der Waals surface area contributed by atoms with E-state index in [-0.39, 0.29) is 5.92 Å². The van der Waals surface area contributed by atoms with Gasteiger partial charge in [-0.1, -0.05) is 0 Å². The van der Waals surface area contributed by atoms with Gasteiger partial charge in [0.05, 0.1) is 18.0 Å². The molecule has 170 valence electrons. The molecule has 0 amide bonds. The summed E-state index contributed by atoms with van der Waals surface area (Å²) in [6.07, 6.45) is -2.14. The number of anilines is 2. The van der Waals surface area contributed by atoms with E-state index in [2.05, 4.69) is 25.0 Å². The second-order valence-corrected chi connectivity index (χ2v) is 8.22. The van der Waals surface area contributed by atoms with Crippen molar-refractivity contribution in [2.75, 3.05) is 36.0 Å². The van der Waals surface area contributed by atoms with Gasteiger partial charge in [-0.2, -0.15) is 18.3 Å². The molecule has 0 spiro atoms. The minimum atomic E-state index is -4.40. The number of hydrogen-bond donors (Lipinski definition) is 0. The van der Waals surface area contributed by atoms with Gasteiger partial charge in [0.2, 0.25) is 0 Å². The third-order valence-electron chi connectivity index (χ3n) is 6.17. The molecule has 0 radical (unpaired) electrons. The van der Waals surface area contributed by atoms with Crippen LogP contribution in [0.4, 0.5) is 33.6 Å². The van der Waals surface area contributed by atoms with Crippen molar-refractivity contribution >= 4 is 22.8 Å². The van der Waals surface area contributed by atoms with Gasteiger partial charge in [-0.3, -0.25) is 0 Å². The molecular formula is C20H20F5N7. The molecule has 2 atom stereocenters. The Morgan fingerprint density at radius 1 is 0.938 bits per heavy atom. The molecule has 2 aliphatic rings. The van der Waals surface area contributed by atoms with Crippen LogP contribution in [0.2, 0.25) is 0 Å². The standard InChI is InChI=1S/C20H20F5N7/c21-16(22)11-32-19-15(6-28-32)26-7-18(29-19)30-4-3-12-8-31(10-13(12)9-30)17-2-1-14(5-27-17)20(23,24)25/h1-2,5-7,12-13,16H,3-4,8-11H2/t12-,13+/m0/s1. The molecule has 2 aliphatic heterocycles. The highest BCUT2D eigenvalue weighted by Gasteiger charge is 2.38. The van der Waals surface area contributed by atoms with Crippen LogP contribution in [0.15, 0.2) is 30.7 Å². The number of alkyl halides is 5. The van der Waals surface area contributed by atoms with Crippen LogP contribution in [-0.2, 0) is 12.7 Å². The monoisotopic (exact) mass is 453 g/mol. The van der Waals surface area contributed by atoms with Crippen LogP contribution in [0, 0.1) is 11.8 Å². The van der Waals surface area contributed by atoms with Gasteiger partial charge in [0, 0.05) is 32.4 Å². The number of hydrogen-bond acceptors (Lipinski definition) is 6. The van der Waals surface area contributed by atoms with E-state index in [1.807, 2.05) is 4.90 Å². The number of halogens is 5. The van der Waals surface area contributed by atoms with Crippen molar-refractivity contribution in [3.8, 4) is 0 Å². The fourth-order valence-corrected chi connectivity index (χ4v) is 4.56. The van der Waals surface area contributed by atoms with Crippen molar-refractivity contribution < 1.29 is 22.0 Å². The summed E-state index contributed by atoms with van der Waals surface area (Å²) >= 11 is 0. The van der Waals surface area contributed by atoms with Crippen molar-refractivity contribution in [2.24, 2.45) is 11.8 Å². The van der Waals surface area contributed by atoms with E-state index >= 15 is 0 Å². The molecule has 3 aromatic rings. The molecule has 0 unspecified atom stereocenters. The van der Waals surface area contributed by atoms with Gasteiger partial charge < -0.3 is 9.80 Å². The Bertz CT molecular complexity index is 1100. The molecule has 0 N–H and O–H groups in total. The molecule has 5 heterocycles. The molecule has 3 aromatic heterocycles. The summed E-state index contributed by atoms with van der Waals surface area (Å²) in [7, 11) is 0. The van der Waals surface area contributed by atoms with Gasteiger partial charge in [-0.05, 0) is 30.4 Å². The molecule has 0 aromatic carbocycles. The topological polar surface area (TPSA) is 63.0 Å². The third kappa shape index (κ3) is 3.93. The fourth-order valence-electron chi connectivity index (χ4n) is 4.56. The average Bonchev–Trinajstić information content (AvgIpc) is 3.36. The van der Waals surface area contributed by atoms with Crippen LogP contribution >= 0.6 is 0 Å². The summed E-state index contributed by atoms with van der Waals surface area (Å²) in [6.45, 7) is 2.31. The van der Waals surface area contributed by atoms with Crippen molar-refractivity contribution in [3.63, 3.8) is 0 Å². The van der Waals surface area contributed by atoms with E-state index in [0.717, 1.165) is 36.5 Å². The maximum Gasteiger partial charge on any atom is 0.417 e. The minimum Gasteiger partial charge on any atom is -0.356 e. The van der Waals surface area contributed by atoms with E-state index in [0.29, 0.717) is 41.8 Å². The third-order valence-corrected chi connectivity index (χ3v) is 6.17. The Balaban J connectivity index is 1.30. The number of rotatable bonds is 4. The minimum absolute atomic E-state index is 0.288. The summed E-state index contributed by atoms with van der Waals surface area (Å²) in [6, 6.07) is 2.48. The molecule has 5 rings (SSSR count). The fraction of sp³-hybridized carbons (Fsp3) is 0.500. The van der Waals surface area contributed by atoms with Gasteiger partial charge in [0.15, 0.2) is 5.65 Å². The van der Waals surface area contributed by atoms with Gasteiger partial charge >= 0.3 is 6.18 Å². The van der Waals surface area contributed by atoms with Gasteiger partial charge in [-0.25, -0.2) is 28.4 Å². The lowest BCUT2D eigenvalue weighted by atomic mass is 9.89. The number of fused-ring (bicyclic) bond motifs is 2. The molecule has 0 saturated carbocycles. The van der Waals surface area contributed by atoms with Crippen molar-refractivity contribution in [1.82, 2.24) is 24.7 Å².